The summed E-state index contributed by atoms with van der Waals surface area (Å²) in [5.74, 6) is 0.142. The van der Waals surface area contributed by atoms with Crippen molar-refractivity contribution in [2.75, 3.05) is 26.7 Å². The van der Waals surface area contributed by atoms with Gasteiger partial charge in [0.1, 0.15) is 0 Å². The van der Waals surface area contributed by atoms with Gasteiger partial charge in [-0.3, -0.25) is 9.69 Å². The molecule has 0 aromatic heterocycles. The Morgan fingerprint density at radius 2 is 1.81 bits per heavy atom. The summed E-state index contributed by atoms with van der Waals surface area (Å²) in [4.78, 5) is 16.3. The van der Waals surface area contributed by atoms with Crippen LogP contribution in [0.5, 0.6) is 0 Å². The molecule has 1 amide bonds. The maximum atomic E-state index is 12.3. The van der Waals surface area contributed by atoms with Gasteiger partial charge in [-0.2, -0.15) is 0 Å². The monoisotopic (exact) mass is 290 g/mol. The van der Waals surface area contributed by atoms with Crippen molar-refractivity contribution in [2.24, 2.45) is 0 Å². The molecule has 1 aromatic rings. The molecule has 1 aliphatic heterocycles. The summed E-state index contributed by atoms with van der Waals surface area (Å²) in [6, 6.07) is 7.83. The van der Waals surface area contributed by atoms with Crippen molar-refractivity contribution in [2.45, 2.75) is 38.8 Å². The molecule has 1 fully saturated rings. The number of hydrogen-bond acceptors (Lipinski definition) is 3. The normalized spacial score (nSPS) is 15.8. The molecule has 1 heterocycles. The quantitative estimate of drug-likeness (QED) is 0.903. The lowest BCUT2D eigenvalue weighted by atomic mass is 10.1. The molecule has 0 saturated carbocycles. The molecular formula is C17H26N2O2. The molecule has 1 aliphatic rings. The second-order valence-corrected chi connectivity index (χ2v) is 6.68. The first-order chi connectivity index (χ1) is 9.85. The van der Waals surface area contributed by atoms with E-state index in [1.807, 2.05) is 36.2 Å². The van der Waals surface area contributed by atoms with Gasteiger partial charge >= 0.3 is 0 Å². The molecule has 2 rings (SSSR count). The Hall–Kier alpha value is -1.39. The minimum Gasteiger partial charge on any atom is -0.389 e. The van der Waals surface area contributed by atoms with E-state index in [0.29, 0.717) is 6.54 Å². The highest BCUT2D eigenvalue weighted by molar-refractivity contribution is 5.94. The molecular weight excluding hydrogens is 264 g/mol. The molecule has 4 nitrogen and oxygen atoms in total. The molecule has 0 aliphatic carbocycles. The van der Waals surface area contributed by atoms with E-state index in [1.165, 1.54) is 0 Å². The van der Waals surface area contributed by atoms with Gasteiger partial charge in [0, 0.05) is 31.7 Å². The molecule has 1 N–H and O–H groups in total. The molecule has 1 aromatic carbocycles. The number of nitrogens with zero attached hydrogens (tertiary/aromatic N) is 2. The van der Waals surface area contributed by atoms with Crippen LogP contribution in [0.25, 0.3) is 0 Å². The van der Waals surface area contributed by atoms with Gasteiger partial charge < -0.3 is 10.0 Å². The maximum absolute atomic E-state index is 12.3. The van der Waals surface area contributed by atoms with Crippen molar-refractivity contribution in [3.05, 3.63) is 35.4 Å². The Morgan fingerprint density at radius 1 is 1.24 bits per heavy atom. The standard InChI is InChI=1S/C17H26N2O2/c1-17(2,21)13-18(3)12-14-6-8-15(9-7-14)16(20)19-10-4-5-11-19/h6-9,21H,4-5,10-13H2,1-3H3. The Bertz CT molecular complexity index is 471. The van der Waals surface area contributed by atoms with Gasteiger partial charge in [-0.25, -0.2) is 0 Å². The van der Waals surface area contributed by atoms with Gasteiger partial charge in [0.25, 0.3) is 5.91 Å². The summed E-state index contributed by atoms with van der Waals surface area (Å²) in [7, 11) is 1.99. The van der Waals surface area contributed by atoms with Crippen LogP contribution >= 0.6 is 0 Å². The van der Waals surface area contributed by atoms with E-state index in [2.05, 4.69) is 4.90 Å². The first-order valence-electron chi connectivity index (χ1n) is 7.64. The zero-order valence-electron chi connectivity index (χ0n) is 13.3. The second-order valence-electron chi connectivity index (χ2n) is 6.68. The minimum atomic E-state index is -0.694. The van der Waals surface area contributed by atoms with Crippen LogP contribution in [-0.2, 0) is 6.54 Å². The van der Waals surface area contributed by atoms with E-state index in [0.717, 1.165) is 43.6 Å². The largest absolute Gasteiger partial charge is 0.389 e. The van der Waals surface area contributed by atoms with Gasteiger partial charge in [-0.1, -0.05) is 12.1 Å². The smallest absolute Gasteiger partial charge is 0.253 e. The van der Waals surface area contributed by atoms with Gasteiger partial charge in [0.05, 0.1) is 5.60 Å². The predicted octanol–water partition coefficient (Wildman–Crippen LogP) is 2.13. The highest BCUT2D eigenvalue weighted by Crippen LogP contribution is 2.14. The Kier molecular flexibility index (Phi) is 5.01. The van der Waals surface area contributed by atoms with E-state index in [-0.39, 0.29) is 5.91 Å². The van der Waals surface area contributed by atoms with Gasteiger partial charge in [0.2, 0.25) is 0 Å². The zero-order valence-corrected chi connectivity index (χ0v) is 13.3. The fourth-order valence-electron chi connectivity index (χ4n) is 2.88. The molecule has 116 valence electrons. The number of hydrogen-bond donors (Lipinski definition) is 1. The van der Waals surface area contributed by atoms with E-state index < -0.39 is 5.60 Å². The first kappa shape index (κ1) is 16.0. The third-order valence-electron chi connectivity index (χ3n) is 3.70. The number of likely N-dealkylation sites (N-methyl/N-ethyl adjacent to an activating group) is 1. The third kappa shape index (κ3) is 4.83. The maximum Gasteiger partial charge on any atom is 0.253 e. The number of benzene rings is 1. The fourth-order valence-corrected chi connectivity index (χ4v) is 2.88. The van der Waals surface area contributed by atoms with E-state index in [9.17, 15) is 9.90 Å². The van der Waals surface area contributed by atoms with Crippen LogP contribution in [0.2, 0.25) is 0 Å². The molecule has 4 heteroatoms. The van der Waals surface area contributed by atoms with E-state index in [4.69, 9.17) is 0 Å². The molecule has 0 atom stereocenters. The fraction of sp³-hybridized carbons (Fsp3) is 0.588. The Balaban J connectivity index is 1.94. The average Bonchev–Trinajstić information content (AvgIpc) is 2.90. The highest BCUT2D eigenvalue weighted by Gasteiger charge is 2.19. The summed E-state index contributed by atoms with van der Waals surface area (Å²) >= 11 is 0. The summed E-state index contributed by atoms with van der Waals surface area (Å²) in [6.07, 6.45) is 2.23. The number of amides is 1. The van der Waals surface area contributed by atoms with Crippen molar-refractivity contribution in [1.29, 1.82) is 0 Å². The molecule has 0 spiro atoms. The van der Waals surface area contributed by atoms with Gasteiger partial charge in [-0.15, -0.1) is 0 Å². The highest BCUT2D eigenvalue weighted by atomic mass is 16.3. The topological polar surface area (TPSA) is 43.8 Å². The summed E-state index contributed by atoms with van der Waals surface area (Å²) < 4.78 is 0. The van der Waals surface area contributed by atoms with Crippen molar-refractivity contribution < 1.29 is 9.90 Å². The molecule has 0 bridgehead atoms. The number of carbonyl (C=O) groups excluding carboxylic acids is 1. The summed E-state index contributed by atoms with van der Waals surface area (Å²) in [6.45, 7) is 6.76. The van der Waals surface area contributed by atoms with Gasteiger partial charge in [-0.05, 0) is 51.4 Å². The van der Waals surface area contributed by atoms with Gasteiger partial charge in [0.15, 0.2) is 0 Å². The lowest BCUT2D eigenvalue weighted by Crippen LogP contribution is -2.35. The van der Waals surface area contributed by atoms with E-state index >= 15 is 0 Å². The number of carbonyl (C=O) groups is 1. The van der Waals surface area contributed by atoms with E-state index in [1.54, 1.807) is 13.8 Å². The Morgan fingerprint density at radius 3 is 2.33 bits per heavy atom. The zero-order chi connectivity index (χ0) is 15.5. The minimum absolute atomic E-state index is 0.142. The van der Waals surface area contributed by atoms with Crippen molar-refractivity contribution in [3.63, 3.8) is 0 Å². The molecule has 1 saturated heterocycles. The number of rotatable bonds is 5. The molecule has 21 heavy (non-hydrogen) atoms. The van der Waals surface area contributed by atoms with Crippen LogP contribution in [0.4, 0.5) is 0 Å². The first-order valence-corrected chi connectivity index (χ1v) is 7.64. The SMILES string of the molecule is CN(Cc1ccc(C(=O)N2CCCC2)cc1)CC(C)(C)O. The van der Waals surface area contributed by atoms with Crippen LogP contribution in [0.1, 0.15) is 42.6 Å². The van der Waals surface area contributed by atoms with Crippen molar-refractivity contribution in [3.8, 4) is 0 Å². The second kappa shape index (κ2) is 6.58. The lowest BCUT2D eigenvalue weighted by Gasteiger charge is -2.25. The van der Waals surface area contributed by atoms with Crippen molar-refractivity contribution in [1.82, 2.24) is 9.80 Å². The Labute approximate surface area is 127 Å². The summed E-state index contributed by atoms with van der Waals surface area (Å²) in [5, 5.41) is 9.81. The number of likely N-dealkylation sites (tertiary alicyclic amines) is 1. The molecule has 0 radical (unpaired) electrons. The van der Waals surface area contributed by atoms with Crippen LogP contribution in [0.15, 0.2) is 24.3 Å². The van der Waals surface area contributed by atoms with Crippen LogP contribution in [0.3, 0.4) is 0 Å². The third-order valence-corrected chi connectivity index (χ3v) is 3.70. The summed E-state index contributed by atoms with van der Waals surface area (Å²) in [5.41, 5.74) is 1.23. The van der Waals surface area contributed by atoms with Crippen LogP contribution < -0.4 is 0 Å². The lowest BCUT2D eigenvalue weighted by molar-refractivity contribution is 0.0425. The van der Waals surface area contributed by atoms with Crippen LogP contribution in [-0.4, -0.2) is 53.1 Å². The average molecular weight is 290 g/mol. The molecule has 0 unspecified atom stereocenters. The van der Waals surface area contributed by atoms with Crippen molar-refractivity contribution >= 4 is 5.91 Å². The van der Waals surface area contributed by atoms with Crippen LogP contribution in [0, 0.1) is 0 Å². The predicted molar refractivity (Wildman–Crippen MR) is 84.2 cm³/mol. The number of aliphatic hydroxyl groups is 1.